The van der Waals surface area contributed by atoms with E-state index in [1.807, 2.05) is 24.3 Å². The van der Waals surface area contributed by atoms with Crippen LogP contribution in [0.25, 0.3) is 5.69 Å². The van der Waals surface area contributed by atoms with Crippen molar-refractivity contribution in [2.75, 3.05) is 0 Å². The van der Waals surface area contributed by atoms with Crippen LogP contribution in [0.1, 0.15) is 5.56 Å². The number of hydrogen-bond donors (Lipinski definition) is 2. The summed E-state index contributed by atoms with van der Waals surface area (Å²) in [4.78, 5) is 11.7. The molecule has 0 fully saturated rings. The first kappa shape index (κ1) is 10.7. The van der Waals surface area contributed by atoms with Gasteiger partial charge in [0, 0.05) is 26.0 Å². The Morgan fingerprint density at radius 3 is 2.81 bits per heavy atom. The standard InChI is InChI=1S/C11H13N3O2/c1-13-5-6-14(11(13)15)10-4-2-3-9(7-10)8-12-16/h2-7,12,16H,8H2,1H3. The minimum atomic E-state index is -0.0888. The lowest BCUT2D eigenvalue weighted by atomic mass is 10.2. The Hall–Kier alpha value is -1.85. The van der Waals surface area contributed by atoms with Crippen LogP contribution >= 0.6 is 0 Å². The number of hydrogen-bond acceptors (Lipinski definition) is 3. The normalized spacial score (nSPS) is 10.6. The lowest BCUT2D eigenvalue weighted by Crippen LogP contribution is -2.20. The van der Waals surface area contributed by atoms with Crippen molar-refractivity contribution in [3.63, 3.8) is 0 Å². The van der Waals surface area contributed by atoms with Crippen molar-refractivity contribution >= 4 is 0 Å². The van der Waals surface area contributed by atoms with Crippen molar-refractivity contribution in [3.05, 3.63) is 52.7 Å². The van der Waals surface area contributed by atoms with Gasteiger partial charge in [0.15, 0.2) is 0 Å². The van der Waals surface area contributed by atoms with Crippen molar-refractivity contribution < 1.29 is 5.21 Å². The third kappa shape index (κ3) is 1.91. The maximum atomic E-state index is 11.7. The minimum Gasteiger partial charge on any atom is -0.316 e. The van der Waals surface area contributed by atoms with Crippen molar-refractivity contribution in [2.24, 2.45) is 7.05 Å². The minimum absolute atomic E-state index is 0.0888. The monoisotopic (exact) mass is 219 g/mol. The van der Waals surface area contributed by atoms with Gasteiger partial charge < -0.3 is 9.77 Å². The molecule has 16 heavy (non-hydrogen) atoms. The molecule has 0 amide bonds. The second-order valence-corrected chi connectivity index (χ2v) is 3.57. The molecule has 0 atom stereocenters. The molecule has 0 radical (unpaired) electrons. The third-order valence-electron chi connectivity index (χ3n) is 2.42. The van der Waals surface area contributed by atoms with Crippen molar-refractivity contribution in [2.45, 2.75) is 6.54 Å². The smallest absolute Gasteiger partial charge is 0.316 e. The highest BCUT2D eigenvalue weighted by Crippen LogP contribution is 2.08. The third-order valence-corrected chi connectivity index (χ3v) is 2.42. The van der Waals surface area contributed by atoms with E-state index in [1.165, 1.54) is 4.57 Å². The molecule has 0 spiro atoms. The van der Waals surface area contributed by atoms with Crippen molar-refractivity contribution in [1.82, 2.24) is 14.6 Å². The molecule has 0 aliphatic heterocycles. The average Bonchev–Trinajstić information content (AvgIpc) is 2.61. The van der Waals surface area contributed by atoms with Crippen LogP contribution in [0.15, 0.2) is 41.5 Å². The number of nitrogens with zero attached hydrogens (tertiary/aromatic N) is 2. The van der Waals surface area contributed by atoms with Gasteiger partial charge in [0.1, 0.15) is 0 Å². The molecule has 2 N–H and O–H groups in total. The van der Waals surface area contributed by atoms with E-state index in [4.69, 9.17) is 5.21 Å². The molecule has 0 bridgehead atoms. The van der Waals surface area contributed by atoms with Gasteiger partial charge in [0.05, 0.1) is 5.69 Å². The summed E-state index contributed by atoms with van der Waals surface area (Å²) in [6, 6.07) is 7.43. The van der Waals surface area contributed by atoms with Gasteiger partial charge in [0.25, 0.3) is 0 Å². The van der Waals surface area contributed by atoms with E-state index in [-0.39, 0.29) is 5.69 Å². The Bertz CT molecular complexity index is 542. The number of nitrogens with one attached hydrogen (secondary N) is 1. The summed E-state index contributed by atoms with van der Waals surface area (Å²) in [7, 11) is 1.71. The van der Waals surface area contributed by atoms with E-state index in [1.54, 1.807) is 24.0 Å². The molecule has 0 unspecified atom stereocenters. The largest absolute Gasteiger partial charge is 0.332 e. The van der Waals surface area contributed by atoms with Gasteiger partial charge in [-0.2, -0.15) is 0 Å². The van der Waals surface area contributed by atoms with Crippen LogP contribution in [0.2, 0.25) is 0 Å². The number of aromatic nitrogens is 2. The Morgan fingerprint density at radius 2 is 2.19 bits per heavy atom. The highest BCUT2D eigenvalue weighted by atomic mass is 16.5. The zero-order valence-corrected chi connectivity index (χ0v) is 8.92. The molecular formula is C11H13N3O2. The van der Waals surface area contributed by atoms with Gasteiger partial charge in [0.2, 0.25) is 0 Å². The molecule has 2 rings (SSSR count). The van der Waals surface area contributed by atoms with Gasteiger partial charge in [-0.3, -0.25) is 4.57 Å². The SMILES string of the molecule is Cn1ccn(-c2cccc(CNO)c2)c1=O. The lowest BCUT2D eigenvalue weighted by molar-refractivity contribution is 0.161. The molecule has 5 heteroatoms. The van der Waals surface area contributed by atoms with Crippen LogP contribution in [0.3, 0.4) is 0 Å². The molecule has 5 nitrogen and oxygen atoms in total. The number of hydroxylamine groups is 1. The van der Waals surface area contributed by atoms with E-state index in [0.717, 1.165) is 11.3 Å². The fraction of sp³-hybridized carbons (Fsp3) is 0.182. The topological polar surface area (TPSA) is 59.2 Å². The van der Waals surface area contributed by atoms with Gasteiger partial charge in [-0.05, 0) is 17.7 Å². The van der Waals surface area contributed by atoms with E-state index in [9.17, 15) is 4.79 Å². The predicted molar refractivity (Wildman–Crippen MR) is 59.6 cm³/mol. The highest BCUT2D eigenvalue weighted by molar-refractivity contribution is 5.35. The summed E-state index contributed by atoms with van der Waals surface area (Å²) in [5.74, 6) is 0. The summed E-state index contributed by atoms with van der Waals surface area (Å²) < 4.78 is 3.07. The Labute approximate surface area is 92.5 Å². The van der Waals surface area contributed by atoms with Crippen molar-refractivity contribution in [1.29, 1.82) is 0 Å². The van der Waals surface area contributed by atoms with Gasteiger partial charge in [-0.15, -0.1) is 0 Å². The first-order valence-electron chi connectivity index (χ1n) is 4.92. The number of rotatable bonds is 3. The molecule has 2 aromatic rings. The van der Waals surface area contributed by atoms with E-state index in [2.05, 4.69) is 5.48 Å². The zero-order chi connectivity index (χ0) is 11.5. The quantitative estimate of drug-likeness (QED) is 0.745. The molecule has 0 saturated carbocycles. The van der Waals surface area contributed by atoms with Crippen LogP contribution in [0.5, 0.6) is 0 Å². The number of aryl methyl sites for hydroxylation is 1. The van der Waals surface area contributed by atoms with Gasteiger partial charge in [-0.1, -0.05) is 12.1 Å². The van der Waals surface area contributed by atoms with Crippen LogP contribution in [0.4, 0.5) is 0 Å². The zero-order valence-electron chi connectivity index (χ0n) is 8.92. The Balaban J connectivity index is 2.44. The number of imidazole rings is 1. The van der Waals surface area contributed by atoms with Crippen LogP contribution in [0, 0.1) is 0 Å². The summed E-state index contributed by atoms with van der Waals surface area (Å²) in [5, 5.41) is 8.62. The van der Waals surface area contributed by atoms with E-state index >= 15 is 0 Å². The first-order chi connectivity index (χ1) is 7.72. The second kappa shape index (κ2) is 4.34. The fourth-order valence-electron chi connectivity index (χ4n) is 1.57. The molecule has 0 aliphatic carbocycles. The molecule has 0 aliphatic rings. The first-order valence-corrected chi connectivity index (χ1v) is 4.92. The second-order valence-electron chi connectivity index (χ2n) is 3.57. The molecule has 0 saturated heterocycles. The van der Waals surface area contributed by atoms with Crippen molar-refractivity contribution in [3.8, 4) is 5.69 Å². The lowest BCUT2D eigenvalue weighted by Gasteiger charge is -2.04. The summed E-state index contributed by atoms with van der Waals surface area (Å²) >= 11 is 0. The Kier molecular flexibility index (Phi) is 2.89. The Morgan fingerprint density at radius 1 is 1.38 bits per heavy atom. The molecule has 1 aromatic heterocycles. The van der Waals surface area contributed by atoms with E-state index in [0.29, 0.717) is 6.54 Å². The van der Waals surface area contributed by atoms with Crippen LogP contribution < -0.4 is 11.2 Å². The molecule has 1 aromatic carbocycles. The molecule has 1 heterocycles. The average molecular weight is 219 g/mol. The fourth-order valence-corrected chi connectivity index (χ4v) is 1.57. The predicted octanol–water partition coefficient (Wildman–Crippen LogP) is 0.655. The molecule has 84 valence electrons. The van der Waals surface area contributed by atoms with Crippen LogP contribution in [-0.2, 0) is 13.6 Å². The summed E-state index contributed by atoms with van der Waals surface area (Å²) in [5.41, 5.74) is 3.70. The van der Waals surface area contributed by atoms with E-state index < -0.39 is 0 Å². The van der Waals surface area contributed by atoms with Gasteiger partial charge in [-0.25, -0.2) is 10.3 Å². The molecular weight excluding hydrogens is 206 g/mol. The highest BCUT2D eigenvalue weighted by Gasteiger charge is 2.02. The summed E-state index contributed by atoms with van der Waals surface area (Å²) in [6.07, 6.45) is 3.42. The number of benzene rings is 1. The summed E-state index contributed by atoms with van der Waals surface area (Å²) in [6.45, 7) is 0.357. The van der Waals surface area contributed by atoms with Crippen LogP contribution in [-0.4, -0.2) is 14.3 Å². The maximum absolute atomic E-state index is 11.7. The van der Waals surface area contributed by atoms with Gasteiger partial charge >= 0.3 is 5.69 Å². The maximum Gasteiger partial charge on any atom is 0.332 e.